The van der Waals surface area contributed by atoms with Crippen molar-refractivity contribution < 1.29 is 4.48 Å². The van der Waals surface area contributed by atoms with Crippen molar-refractivity contribution >= 4 is 0 Å². The molecular weight excluding hydrogens is 146 g/mol. The molecule has 0 aromatic rings. The third-order valence-electron chi connectivity index (χ3n) is 4.94. The summed E-state index contributed by atoms with van der Waals surface area (Å²) < 4.78 is 1.56. The van der Waals surface area contributed by atoms with Crippen LogP contribution in [-0.2, 0) is 0 Å². The molecule has 0 saturated carbocycles. The van der Waals surface area contributed by atoms with Gasteiger partial charge in [-0.15, -0.1) is 0 Å². The van der Waals surface area contributed by atoms with E-state index in [0.717, 1.165) is 5.54 Å². The van der Waals surface area contributed by atoms with E-state index in [4.69, 9.17) is 0 Å². The number of hydrogen-bond donors (Lipinski definition) is 0. The van der Waals surface area contributed by atoms with Gasteiger partial charge in [-0.25, -0.2) is 0 Å². The Bertz CT molecular complexity index is 167. The quantitative estimate of drug-likeness (QED) is 0.484. The standard InChI is InChI=1S/C11H20N/c1-2-8-12-9-3-6-11(12,5-1)7-4-10-12/h1-10H2/q+1. The summed E-state index contributed by atoms with van der Waals surface area (Å²) in [5.74, 6) is 0. The van der Waals surface area contributed by atoms with Crippen LogP contribution < -0.4 is 0 Å². The van der Waals surface area contributed by atoms with Crippen LogP contribution in [-0.4, -0.2) is 29.7 Å². The lowest BCUT2D eigenvalue weighted by molar-refractivity contribution is -0.956. The van der Waals surface area contributed by atoms with Gasteiger partial charge in [-0.2, -0.15) is 0 Å². The molecule has 1 heteroatoms. The lowest BCUT2D eigenvalue weighted by Crippen LogP contribution is -2.59. The number of rotatable bonds is 0. The minimum atomic E-state index is 0.818. The van der Waals surface area contributed by atoms with E-state index in [1.807, 2.05) is 0 Å². The zero-order valence-electron chi connectivity index (χ0n) is 8.02. The van der Waals surface area contributed by atoms with Crippen molar-refractivity contribution in [1.29, 1.82) is 0 Å². The van der Waals surface area contributed by atoms with Crippen LogP contribution in [0, 0.1) is 0 Å². The molecule has 0 bridgehead atoms. The van der Waals surface area contributed by atoms with Gasteiger partial charge < -0.3 is 4.48 Å². The number of hydrogen-bond acceptors (Lipinski definition) is 0. The van der Waals surface area contributed by atoms with Crippen molar-refractivity contribution in [2.24, 2.45) is 0 Å². The van der Waals surface area contributed by atoms with Gasteiger partial charge in [0, 0.05) is 32.1 Å². The van der Waals surface area contributed by atoms with E-state index in [1.54, 1.807) is 23.7 Å². The highest BCUT2D eigenvalue weighted by Gasteiger charge is 2.58. The molecule has 3 heterocycles. The first-order valence-electron chi connectivity index (χ1n) is 5.73. The molecule has 0 amide bonds. The van der Waals surface area contributed by atoms with Crippen LogP contribution >= 0.6 is 0 Å². The van der Waals surface area contributed by atoms with Gasteiger partial charge in [0.1, 0.15) is 0 Å². The Morgan fingerprint density at radius 1 is 0.667 bits per heavy atom. The monoisotopic (exact) mass is 166 g/mol. The molecule has 1 nitrogen and oxygen atoms in total. The zero-order chi connectivity index (χ0) is 8.07. The van der Waals surface area contributed by atoms with Gasteiger partial charge in [-0.1, -0.05) is 0 Å². The van der Waals surface area contributed by atoms with Crippen LogP contribution in [0.4, 0.5) is 0 Å². The van der Waals surface area contributed by atoms with Gasteiger partial charge >= 0.3 is 0 Å². The van der Waals surface area contributed by atoms with E-state index in [9.17, 15) is 0 Å². The summed E-state index contributed by atoms with van der Waals surface area (Å²) in [5, 5.41) is 0. The van der Waals surface area contributed by atoms with E-state index in [2.05, 4.69) is 0 Å². The normalized spacial score (nSPS) is 52.0. The Hall–Kier alpha value is -0.0400. The smallest absolute Gasteiger partial charge is 0.0996 e. The van der Waals surface area contributed by atoms with E-state index >= 15 is 0 Å². The van der Waals surface area contributed by atoms with Crippen molar-refractivity contribution in [3.8, 4) is 0 Å². The maximum atomic E-state index is 1.56. The molecule has 0 aromatic heterocycles. The second kappa shape index (κ2) is 2.25. The summed E-state index contributed by atoms with van der Waals surface area (Å²) in [6.45, 7) is 4.58. The van der Waals surface area contributed by atoms with Crippen LogP contribution in [0.1, 0.15) is 44.9 Å². The molecule has 3 fully saturated rings. The first-order valence-corrected chi connectivity index (χ1v) is 5.73. The van der Waals surface area contributed by atoms with Crippen molar-refractivity contribution in [3.05, 3.63) is 0 Å². The Balaban J connectivity index is 2.00. The molecule has 3 saturated heterocycles. The molecule has 3 aliphatic heterocycles. The molecule has 0 aliphatic carbocycles. The van der Waals surface area contributed by atoms with Crippen LogP contribution in [0.2, 0.25) is 0 Å². The van der Waals surface area contributed by atoms with Crippen LogP contribution in [0.25, 0.3) is 0 Å². The Morgan fingerprint density at radius 2 is 1.25 bits per heavy atom. The molecular formula is C11H20N+. The van der Waals surface area contributed by atoms with Crippen molar-refractivity contribution in [1.82, 2.24) is 0 Å². The first kappa shape index (κ1) is 7.37. The minimum absolute atomic E-state index is 0.818. The third kappa shape index (κ3) is 0.693. The molecule has 0 radical (unpaired) electrons. The van der Waals surface area contributed by atoms with Crippen LogP contribution in [0.5, 0.6) is 0 Å². The average molecular weight is 166 g/mol. The molecule has 68 valence electrons. The fourth-order valence-corrected chi connectivity index (χ4v) is 4.42. The largest absolute Gasteiger partial charge is 0.319 e. The Morgan fingerprint density at radius 3 is 1.92 bits per heavy atom. The van der Waals surface area contributed by atoms with Gasteiger partial charge in [0.2, 0.25) is 0 Å². The molecule has 0 atom stereocenters. The summed E-state index contributed by atoms with van der Waals surface area (Å²) in [5.41, 5.74) is 0.818. The minimum Gasteiger partial charge on any atom is -0.319 e. The topological polar surface area (TPSA) is 0 Å². The van der Waals surface area contributed by atoms with Gasteiger partial charge in [-0.3, -0.25) is 0 Å². The molecule has 0 aromatic carbocycles. The molecule has 0 unspecified atom stereocenters. The highest BCUT2D eigenvalue weighted by Crippen LogP contribution is 2.51. The average Bonchev–Trinajstić information content (AvgIpc) is 2.57. The SMILES string of the molecule is C1CC[N+]23CCCC2(C1)CCC3. The number of nitrogens with zero attached hydrogens (tertiary/aromatic N) is 1. The number of quaternary nitrogens is 1. The fraction of sp³-hybridized carbons (Fsp3) is 1.00. The van der Waals surface area contributed by atoms with E-state index < -0.39 is 0 Å². The molecule has 0 spiro atoms. The van der Waals surface area contributed by atoms with Gasteiger partial charge in [0.05, 0.1) is 25.2 Å². The van der Waals surface area contributed by atoms with Gasteiger partial charge in [0.15, 0.2) is 0 Å². The predicted octanol–water partition coefficient (Wildman–Crippen LogP) is 2.31. The van der Waals surface area contributed by atoms with Crippen LogP contribution in [0.3, 0.4) is 0 Å². The van der Waals surface area contributed by atoms with Crippen molar-refractivity contribution in [2.75, 3.05) is 19.6 Å². The number of piperidine rings is 1. The predicted molar refractivity (Wildman–Crippen MR) is 49.9 cm³/mol. The Kier molecular flexibility index (Phi) is 1.39. The lowest BCUT2D eigenvalue weighted by atomic mass is 9.84. The maximum absolute atomic E-state index is 1.56. The summed E-state index contributed by atoms with van der Waals surface area (Å²) in [6.07, 6.45) is 10.8. The van der Waals surface area contributed by atoms with E-state index in [0.29, 0.717) is 0 Å². The van der Waals surface area contributed by atoms with E-state index in [1.165, 1.54) is 45.3 Å². The fourth-order valence-electron chi connectivity index (χ4n) is 4.42. The summed E-state index contributed by atoms with van der Waals surface area (Å²) in [6, 6.07) is 0. The lowest BCUT2D eigenvalue weighted by Gasteiger charge is -2.47. The van der Waals surface area contributed by atoms with Gasteiger partial charge in [0.25, 0.3) is 0 Å². The Labute approximate surface area is 75.3 Å². The summed E-state index contributed by atoms with van der Waals surface area (Å²) >= 11 is 0. The van der Waals surface area contributed by atoms with E-state index in [-0.39, 0.29) is 0 Å². The maximum Gasteiger partial charge on any atom is 0.0996 e. The van der Waals surface area contributed by atoms with Gasteiger partial charge in [-0.05, 0) is 12.8 Å². The molecule has 3 aliphatic rings. The second-order valence-electron chi connectivity index (χ2n) is 5.20. The highest BCUT2D eigenvalue weighted by molar-refractivity contribution is 4.93. The van der Waals surface area contributed by atoms with Crippen molar-refractivity contribution in [2.45, 2.75) is 50.5 Å². The summed E-state index contributed by atoms with van der Waals surface area (Å²) in [7, 11) is 0. The summed E-state index contributed by atoms with van der Waals surface area (Å²) in [4.78, 5) is 0. The van der Waals surface area contributed by atoms with Crippen LogP contribution in [0.15, 0.2) is 0 Å². The highest BCUT2D eigenvalue weighted by atomic mass is 15.4. The molecule has 12 heavy (non-hydrogen) atoms. The molecule has 3 rings (SSSR count). The van der Waals surface area contributed by atoms with Crippen molar-refractivity contribution in [3.63, 3.8) is 0 Å². The first-order chi connectivity index (χ1) is 5.87. The zero-order valence-corrected chi connectivity index (χ0v) is 8.02. The molecule has 0 N–H and O–H groups in total. The second-order valence-corrected chi connectivity index (χ2v) is 5.20. The third-order valence-corrected chi connectivity index (χ3v) is 4.94.